The number of hydrogen-bond acceptors (Lipinski definition) is 21. The van der Waals surface area contributed by atoms with Crippen LogP contribution in [0.15, 0.2) is 4.99 Å². The lowest BCUT2D eigenvalue weighted by atomic mass is 9.80. The van der Waals surface area contributed by atoms with E-state index in [0.717, 1.165) is 13.3 Å². The molecule has 0 spiro atoms. The molecule has 1 saturated carbocycles. The Bertz CT molecular complexity index is 1180. The Kier molecular flexibility index (Phi) is 14.7. The van der Waals surface area contributed by atoms with E-state index in [2.05, 4.69) is 10.3 Å². The third-order valence-corrected chi connectivity index (χ3v) is 9.22. The maximum atomic E-state index is 12.3. The molecule has 4 aliphatic rings. The molecule has 0 aromatic heterocycles. The number of methoxy groups -OCH3 is 1. The van der Waals surface area contributed by atoms with E-state index in [1.165, 1.54) is 7.11 Å². The summed E-state index contributed by atoms with van der Waals surface area (Å²) >= 11 is 0. The minimum absolute atomic E-state index is 0.0794. The predicted octanol–water partition coefficient (Wildman–Crippen LogP) is -7.85. The van der Waals surface area contributed by atoms with Gasteiger partial charge in [0.2, 0.25) is 5.91 Å². The average Bonchev–Trinajstić information content (AvgIpc) is 3.10. The Morgan fingerprint density at radius 2 is 1.31 bits per heavy atom. The minimum Gasteiger partial charge on any atom is -0.487 e. The average molecular weight is 743 g/mol. The summed E-state index contributed by atoms with van der Waals surface area (Å²) in [5.74, 6) is -1.66. The van der Waals surface area contributed by atoms with Crippen LogP contribution in [0, 0.1) is 5.92 Å². The van der Waals surface area contributed by atoms with E-state index in [1.54, 1.807) is 0 Å². The van der Waals surface area contributed by atoms with Gasteiger partial charge in [0.1, 0.15) is 85.3 Å². The fourth-order valence-electron chi connectivity index (χ4n) is 6.48. The Morgan fingerprint density at radius 3 is 1.88 bits per heavy atom. The zero-order valence-electron chi connectivity index (χ0n) is 27.4. The molecule has 22 heteroatoms. The van der Waals surface area contributed by atoms with Crippen LogP contribution in [-0.2, 0) is 47.5 Å². The Balaban J connectivity index is 1.58. The number of carbonyl (C=O) groups excluding carboxylic acids is 3. The van der Waals surface area contributed by atoms with Crippen molar-refractivity contribution in [2.75, 3.05) is 20.3 Å². The first-order valence-corrected chi connectivity index (χ1v) is 16.0. The number of carbonyl (C=O) groups is 3. The number of ether oxygens (including phenoxy) is 7. The van der Waals surface area contributed by atoms with Crippen LogP contribution >= 0.6 is 0 Å². The smallest absolute Gasteiger partial charge is 0.217 e. The van der Waals surface area contributed by atoms with E-state index in [1.807, 2.05) is 0 Å². The lowest BCUT2D eigenvalue weighted by Crippen LogP contribution is -2.69. The molecule has 3 aliphatic heterocycles. The summed E-state index contributed by atoms with van der Waals surface area (Å²) in [6.45, 7) is -0.413. The van der Waals surface area contributed by atoms with Gasteiger partial charge < -0.3 is 99.1 Å². The van der Waals surface area contributed by atoms with Crippen LogP contribution in [0.2, 0.25) is 0 Å². The Labute approximate surface area is 290 Å². The molecule has 4 rings (SSSR count). The number of aliphatic hydroxyl groups excluding tert-OH is 10. The second kappa shape index (κ2) is 18.1. The quantitative estimate of drug-likeness (QED) is 0.0474. The molecular weight excluding hydrogens is 696 g/mol. The Morgan fingerprint density at radius 1 is 0.725 bits per heavy atom. The summed E-state index contributed by atoms with van der Waals surface area (Å²) < 4.78 is 38.6. The van der Waals surface area contributed by atoms with Crippen molar-refractivity contribution in [3.8, 4) is 0 Å². The lowest BCUT2D eigenvalue weighted by Gasteiger charge is -2.49. The molecule has 20 atom stereocenters. The standard InChI is InChI=1S/C29H46N2O20/c1-9(36)31-16-26(51-28-22(43)20(41)18(39)12(5-33)47-28)19(40)13(6-34)46-27(16)49-24-14(7-35)48-29(23(44)21(24)42)50-25-15(30-8-45-2)11(37)3-10(4-32)17(25)38/h5,7-8,10-29,32,34,37-44H,3-4,6H2,1-2H3,(H,31,36)/t10-,11-,12-,13-,14-,15+,16-,17-,18-,19-,20+,21-,22-,23-,24-,25-,26-,27+,28+,29+/m1/s1. The number of aliphatic hydroxyl groups is 10. The summed E-state index contributed by atoms with van der Waals surface area (Å²) in [6, 6.07) is -2.82. The first-order chi connectivity index (χ1) is 24.2. The number of aldehydes is 2. The van der Waals surface area contributed by atoms with Gasteiger partial charge in [-0.15, -0.1) is 0 Å². The van der Waals surface area contributed by atoms with Crippen molar-refractivity contribution in [3.05, 3.63) is 0 Å². The highest BCUT2D eigenvalue weighted by Gasteiger charge is 2.55. The van der Waals surface area contributed by atoms with Crippen molar-refractivity contribution >= 4 is 24.9 Å². The highest BCUT2D eigenvalue weighted by molar-refractivity contribution is 5.73. The molecule has 292 valence electrons. The van der Waals surface area contributed by atoms with Gasteiger partial charge in [-0.3, -0.25) is 4.79 Å². The molecule has 22 nitrogen and oxygen atoms in total. The van der Waals surface area contributed by atoms with Gasteiger partial charge in [0.05, 0.1) is 25.9 Å². The fraction of sp³-hybridized carbons (Fsp3) is 0.862. The molecule has 0 aromatic carbocycles. The maximum absolute atomic E-state index is 12.3. The third kappa shape index (κ3) is 8.89. The van der Waals surface area contributed by atoms with Crippen LogP contribution in [0.25, 0.3) is 0 Å². The van der Waals surface area contributed by atoms with E-state index < -0.39 is 141 Å². The Hall–Kier alpha value is -2.36. The first-order valence-electron chi connectivity index (χ1n) is 16.0. The van der Waals surface area contributed by atoms with Crippen molar-refractivity contribution in [3.63, 3.8) is 0 Å². The van der Waals surface area contributed by atoms with Crippen LogP contribution in [-0.4, -0.2) is 213 Å². The molecule has 0 radical (unpaired) electrons. The van der Waals surface area contributed by atoms with Gasteiger partial charge in [-0.05, 0) is 6.42 Å². The normalized spacial score (nSPS) is 47.8. The number of nitrogens with zero attached hydrogens (tertiary/aromatic N) is 1. The summed E-state index contributed by atoms with van der Waals surface area (Å²) in [7, 11) is 1.27. The summed E-state index contributed by atoms with van der Waals surface area (Å²) in [5, 5.41) is 108. The summed E-state index contributed by atoms with van der Waals surface area (Å²) in [5.41, 5.74) is 0. The second-order valence-corrected chi connectivity index (χ2v) is 12.6. The molecule has 11 N–H and O–H groups in total. The van der Waals surface area contributed by atoms with Crippen molar-refractivity contribution in [2.24, 2.45) is 10.9 Å². The molecule has 1 aliphatic carbocycles. The summed E-state index contributed by atoms with van der Waals surface area (Å²) in [4.78, 5) is 40.0. The van der Waals surface area contributed by atoms with Gasteiger partial charge in [-0.1, -0.05) is 0 Å². The van der Waals surface area contributed by atoms with E-state index in [4.69, 9.17) is 33.2 Å². The zero-order valence-corrected chi connectivity index (χ0v) is 27.4. The monoisotopic (exact) mass is 742 g/mol. The van der Waals surface area contributed by atoms with Crippen molar-refractivity contribution in [2.45, 2.75) is 130 Å². The van der Waals surface area contributed by atoms with Crippen LogP contribution in [0.1, 0.15) is 13.3 Å². The van der Waals surface area contributed by atoms with Gasteiger partial charge >= 0.3 is 0 Å². The fourth-order valence-corrected chi connectivity index (χ4v) is 6.48. The van der Waals surface area contributed by atoms with Crippen molar-refractivity contribution in [1.82, 2.24) is 5.32 Å². The van der Waals surface area contributed by atoms with E-state index >= 15 is 0 Å². The number of rotatable bonds is 13. The molecule has 3 saturated heterocycles. The molecule has 3 heterocycles. The zero-order chi connectivity index (χ0) is 37.7. The van der Waals surface area contributed by atoms with Crippen LogP contribution in [0.4, 0.5) is 0 Å². The highest BCUT2D eigenvalue weighted by atomic mass is 16.7. The van der Waals surface area contributed by atoms with Crippen LogP contribution in [0.5, 0.6) is 0 Å². The van der Waals surface area contributed by atoms with Gasteiger partial charge in [0, 0.05) is 19.4 Å². The highest BCUT2D eigenvalue weighted by Crippen LogP contribution is 2.35. The number of amides is 1. The second-order valence-electron chi connectivity index (χ2n) is 12.6. The van der Waals surface area contributed by atoms with Gasteiger partial charge in [-0.2, -0.15) is 0 Å². The molecule has 0 unspecified atom stereocenters. The number of nitrogens with one attached hydrogen (secondary N) is 1. The van der Waals surface area contributed by atoms with Crippen LogP contribution in [0.3, 0.4) is 0 Å². The largest absolute Gasteiger partial charge is 0.487 e. The molecule has 0 aromatic rings. The molecule has 51 heavy (non-hydrogen) atoms. The topological polar surface area (TPSA) is 343 Å². The molecule has 0 bridgehead atoms. The van der Waals surface area contributed by atoms with E-state index in [0.29, 0.717) is 0 Å². The minimum atomic E-state index is -2.05. The van der Waals surface area contributed by atoms with Crippen LogP contribution < -0.4 is 5.32 Å². The maximum Gasteiger partial charge on any atom is 0.217 e. The first kappa shape index (κ1) is 41.4. The van der Waals surface area contributed by atoms with Gasteiger partial charge in [0.25, 0.3) is 0 Å². The molecule has 1 amide bonds. The van der Waals surface area contributed by atoms with Gasteiger partial charge in [-0.25, -0.2) is 4.99 Å². The SMILES string of the molecule is COC=N[C@@H]1[C@@H](O[C@@H]2O[C@H](C=O)[C@@H](O[C@@H]3O[C@H](CO)[C@@H](O)[C@H](O[C@@H]4O[C@H](C=O)[C@@H](O)[C@H](O)[C@H]4O)[C@H]3NC(C)=O)[C@H](O)[C@H]2O)[C@H](O)[C@@H](CO)C[C@H]1O. The molecule has 4 fully saturated rings. The predicted molar refractivity (Wildman–Crippen MR) is 160 cm³/mol. The van der Waals surface area contributed by atoms with E-state index in [9.17, 15) is 65.4 Å². The number of hydrogen-bond donors (Lipinski definition) is 11. The molecular formula is C29H46N2O20. The summed E-state index contributed by atoms with van der Waals surface area (Å²) in [6.07, 6.45) is -28.9. The third-order valence-electron chi connectivity index (χ3n) is 9.22. The van der Waals surface area contributed by atoms with Gasteiger partial charge in [0.15, 0.2) is 37.8 Å². The van der Waals surface area contributed by atoms with Crippen molar-refractivity contribution in [1.29, 1.82) is 0 Å². The van der Waals surface area contributed by atoms with Crippen molar-refractivity contribution < 1.29 is 98.6 Å². The van der Waals surface area contributed by atoms with E-state index in [-0.39, 0.29) is 19.0 Å². The lowest BCUT2D eigenvalue weighted by molar-refractivity contribution is -0.362. The number of aliphatic imine (C=N–C) groups is 1.